The van der Waals surface area contributed by atoms with Crippen molar-refractivity contribution in [1.29, 1.82) is 0 Å². The van der Waals surface area contributed by atoms with Crippen LogP contribution in [0.5, 0.6) is 0 Å². The minimum atomic E-state index is 0.920. The molecule has 1 heterocycles. The van der Waals surface area contributed by atoms with Gasteiger partial charge in [0.05, 0.1) is 0 Å². The lowest BCUT2D eigenvalue weighted by Crippen LogP contribution is -2.01. The molecule has 0 saturated carbocycles. The lowest BCUT2D eigenvalue weighted by Gasteiger charge is -2.05. The molecular weight excluding hydrogens is 236 g/mol. The second-order valence-corrected chi connectivity index (χ2v) is 5.82. The molecule has 114 valence electrons. The van der Waals surface area contributed by atoms with Crippen LogP contribution in [0.25, 0.3) is 0 Å². The Balaban J connectivity index is 2.01. The fraction of sp³-hybridized carbons (Fsp3) is 1.00. The maximum Gasteiger partial charge on any atom is 0.0466 e. The van der Waals surface area contributed by atoms with E-state index in [1.54, 1.807) is 0 Å². The highest BCUT2D eigenvalue weighted by Gasteiger charge is 1.96. The molecule has 0 aromatic rings. The summed E-state index contributed by atoms with van der Waals surface area (Å²) in [6.07, 6.45) is 17.5. The predicted octanol–water partition coefficient (Wildman–Crippen LogP) is 5.10. The number of hydrogen-bond donors (Lipinski definition) is 0. The van der Waals surface area contributed by atoms with E-state index in [2.05, 4.69) is 0 Å². The first-order valence-electron chi connectivity index (χ1n) is 8.65. The average Bonchev–Trinajstić information content (AvgIpc) is 2.43. The molecule has 0 atom stereocenters. The van der Waals surface area contributed by atoms with Gasteiger partial charge in [0, 0.05) is 26.4 Å². The van der Waals surface area contributed by atoms with Gasteiger partial charge in [0.25, 0.3) is 0 Å². The predicted molar refractivity (Wildman–Crippen MR) is 81.7 cm³/mol. The van der Waals surface area contributed by atoms with Gasteiger partial charge in [-0.1, -0.05) is 57.8 Å². The normalized spacial score (nSPS) is 24.0. The monoisotopic (exact) mass is 270 g/mol. The van der Waals surface area contributed by atoms with Gasteiger partial charge in [0.2, 0.25) is 0 Å². The van der Waals surface area contributed by atoms with Crippen molar-refractivity contribution in [3.05, 3.63) is 0 Å². The summed E-state index contributed by atoms with van der Waals surface area (Å²) < 4.78 is 11.3. The second-order valence-electron chi connectivity index (χ2n) is 5.82. The van der Waals surface area contributed by atoms with Crippen LogP contribution in [-0.4, -0.2) is 26.4 Å². The SMILES string of the molecule is C1CCCCCCOCCCCOCCCCCC1. The Bertz CT molecular complexity index is 89.9. The van der Waals surface area contributed by atoms with Crippen LogP contribution in [0.15, 0.2) is 0 Å². The molecule has 1 saturated heterocycles. The summed E-state index contributed by atoms with van der Waals surface area (Å²) in [7, 11) is 0. The van der Waals surface area contributed by atoms with E-state index in [4.69, 9.17) is 9.47 Å². The number of ether oxygens (including phenoxy) is 2. The largest absolute Gasteiger partial charge is 0.381 e. The molecule has 0 amide bonds. The van der Waals surface area contributed by atoms with E-state index in [0.717, 1.165) is 39.3 Å². The molecule has 0 spiro atoms. The molecule has 0 N–H and O–H groups in total. The zero-order chi connectivity index (χ0) is 13.4. The molecule has 0 aromatic carbocycles. The first kappa shape index (κ1) is 17.0. The van der Waals surface area contributed by atoms with E-state index in [1.165, 1.54) is 70.6 Å². The Labute approximate surface area is 120 Å². The summed E-state index contributed by atoms with van der Waals surface area (Å²) in [6.45, 7) is 3.76. The molecule has 0 radical (unpaired) electrons. The van der Waals surface area contributed by atoms with Crippen LogP contribution < -0.4 is 0 Å². The number of rotatable bonds is 0. The molecule has 0 bridgehead atoms. The van der Waals surface area contributed by atoms with Crippen LogP contribution in [0.4, 0.5) is 0 Å². The maximum atomic E-state index is 5.64. The smallest absolute Gasteiger partial charge is 0.0466 e. The van der Waals surface area contributed by atoms with Gasteiger partial charge in [0.1, 0.15) is 0 Å². The van der Waals surface area contributed by atoms with Gasteiger partial charge in [-0.25, -0.2) is 0 Å². The maximum absolute atomic E-state index is 5.64. The van der Waals surface area contributed by atoms with Gasteiger partial charge < -0.3 is 9.47 Å². The van der Waals surface area contributed by atoms with E-state index < -0.39 is 0 Å². The van der Waals surface area contributed by atoms with Crippen LogP contribution in [0, 0.1) is 0 Å². The van der Waals surface area contributed by atoms with Gasteiger partial charge in [-0.05, 0) is 25.7 Å². The minimum Gasteiger partial charge on any atom is -0.381 e. The van der Waals surface area contributed by atoms with E-state index in [-0.39, 0.29) is 0 Å². The Morgan fingerprint density at radius 2 is 0.474 bits per heavy atom. The highest BCUT2D eigenvalue weighted by atomic mass is 16.5. The molecule has 1 fully saturated rings. The fourth-order valence-corrected chi connectivity index (χ4v) is 2.61. The van der Waals surface area contributed by atoms with Gasteiger partial charge in [-0.15, -0.1) is 0 Å². The first-order valence-corrected chi connectivity index (χ1v) is 8.65. The van der Waals surface area contributed by atoms with Crippen LogP contribution in [0.2, 0.25) is 0 Å². The van der Waals surface area contributed by atoms with Crippen LogP contribution in [0.3, 0.4) is 0 Å². The second kappa shape index (κ2) is 14.3. The fourth-order valence-electron chi connectivity index (χ4n) is 2.61. The third kappa shape index (κ3) is 12.7. The lowest BCUT2D eigenvalue weighted by atomic mass is 10.1. The van der Waals surface area contributed by atoms with Gasteiger partial charge >= 0.3 is 0 Å². The van der Waals surface area contributed by atoms with E-state index in [9.17, 15) is 0 Å². The molecule has 0 aromatic heterocycles. The van der Waals surface area contributed by atoms with E-state index in [0.29, 0.717) is 0 Å². The summed E-state index contributed by atoms with van der Waals surface area (Å²) >= 11 is 0. The van der Waals surface area contributed by atoms with Crippen molar-refractivity contribution in [2.24, 2.45) is 0 Å². The van der Waals surface area contributed by atoms with Crippen molar-refractivity contribution in [2.45, 2.75) is 83.5 Å². The summed E-state index contributed by atoms with van der Waals surface area (Å²) in [5, 5.41) is 0. The molecule has 2 nitrogen and oxygen atoms in total. The zero-order valence-corrected chi connectivity index (χ0v) is 12.8. The van der Waals surface area contributed by atoms with Crippen molar-refractivity contribution in [2.75, 3.05) is 26.4 Å². The molecule has 1 aliphatic rings. The molecule has 0 aliphatic carbocycles. The van der Waals surface area contributed by atoms with Crippen LogP contribution >= 0.6 is 0 Å². The lowest BCUT2D eigenvalue weighted by molar-refractivity contribution is 0.0992. The Kier molecular flexibility index (Phi) is 12.8. The van der Waals surface area contributed by atoms with Crippen LogP contribution in [0.1, 0.15) is 83.5 Å². The van der Waals surface area contributed by atoms with Gasteiger partial charge in [0.15, 0.2) is 0 Å². The van der Waals surface area contributed by atoms with Crippen molar-refractivity contribution < 1.29 is 9.47 Å². The van der Waals surface area contributed by atoms with Gasteiger partial charge in [-0.3, -0.25) is 0 Å². The summed E-state index contributed by atoms with van der Waals surface area (Å²) in [5.74, 6) is 0. The standard InChI is InChI=1S/C17H34O2/c1-2-4-6-8-10-14-18-16-12-13-17-19-15-11-9-7-5-3-1/h1-17H2. The molecule has 0 unspecified atom stereocenters. The third-order valence-corrected chi connectivity index (χ3v) is 3.90. The third-order valence-electron chi connectivity index (χ3n) is 3.90. The molecular formula is C17H34O2. The van der Waals surface area contributed by atoms with Crippen molar-refractivity contribution in [3.63, 3.8) is 0 Å². The zero-order valence-electron chi connectivity index (χ0n) is 12.8. The molecule has 1 aliphatic heterocycles. The topological polar surface area (TPSA) is 18.5 Å². The summed E-state index contributed by atoms with van der Waals surface area (Å²) in [4.78, 5) is 0. The van der Waals surface area contributed by atoms with Gasteiger partial charge in [-0.2, -0.15) is 0 Å². The average molecular weight is 270 g/mol. The summed E-state index contributed by atoms with van der Waals surface area (Å²) in [5.41, 5.74) is 0. The van der Waals surface area contributed by atoms with Crippen molar-refractivity contribution in [3.8, 4) is 0 Å². The highest BCUT2D eigenvalue weighted by Crippen LogP contribution is 2.11. The Morgan fingerprint density at radius 1 is 0.263 bits per heavy atom. The van der Waals surface area contributed by atoms with Crippen LogP contribution in [-0.2, 0) is 9.47 Å². The van der Waals surface area contributed by atoms with E-state index in [1.807, 2.05) is 0 Å². The Hall–Kier alpha value is -0.0800. The first-order chi connectivity index (χ1) is 9.50. The quantitative estimate of drug-likeness (QED) is 0.609. The minimum absolute atomic E-state index is 0.920. The summed E-state index contributed by atoms with van der Waals surface area (Å²) in [6, 6.07) is 0. The molecule has 2 heteroatoms. The Morgan fingerprint density at radius 3 is 0.789 bits per heavy atom. The van der Waals surface area contributed by atoms with E-state index >= 15 is 0 Å². The molecule has 1 rings (SSSR count). The highest BCUT2D eigenvalue weighted by molar-refractivity contribution is 4.49. The van der Waals surface area contributed by atoms with Crippen molar-refractivity contribution >= 4 is 0 Å². The number of hydrogen-bond acceptors (Lipinski definition) is 2. The van der Waals surface area contributed by atoms with Crippen molar-refractivity contribution in [1.82, 2.24) is 0 Å². The molecule has 19 heavy (non-hydrogen) atoms.